The van der Waals surface area contributed by atoms with E-state index in [0.29, 0.717) is 29.1 Å². The van der Waals surface area contributed by atoms with Crippen LogP contribution in [0.3, 0.4) is 0 Å². The molecule has 0 aliphatic rings. The molecular weight excluding hydrogens is 276 g/mol. The first-order chi connectivity index (χ1) is 9.65. The zero-order valence-corrected chi connectivity index (χ0v) is 12.2. The van der Waals surface area contributed by atoms with E-state index in [-0.39, 0.29) is 12.5 Å². The molecule has 0 unspecified atom stereocenters. The SMILES string of the molecule is CCCCN(CCO)C(=O)c1ccc2[nH]c(=S)oc2c1. The van der Waals surface area contributed by atoms with Gasteiger partial charge in [-0.05, 0) is 36.8 Å². The van der Waals surface area contributed by atoms with Crippen LogP contribution < -0.4 is 0 Å². The van der Waals surface area contributed by atoms with E-state index >= 15 is 0 Å². The Morgan fingerprint density at radius 3 is 2.95 bits per heavy atom. The highest BCUT2D eigenvalue weighted by molar-refractivity contribution is 7.71. The molecule has 2 N–H and O–H groups in total. The number of nitrogens with one attached hydrogen (secondary N) is 1. The lowest BCUT2D eigenvalue weighted by Gasteiger charge is -2.21. The monoisotopic (exact) mass is 294 g/mol. The number of rotatable bonds is 6. The molecule has 108 valence electrons. The van der Waals surface area contributed by atoms with Gasteiger partial charge in [-0.3, -0.25) is 4.79 Å². The van der Waals surface area contributed by atoms with Crippen LogP contribution in [0, 0.1) is 4.84 Å². The first-order valence-corrected chi connectivity index (χ1v) is 7.09. The van der Waals surface area contributed by atoms with E-state index in [1.165, 1.54) is 0 Å². The lowest BCUT2D eigenvalue weighted by molar-refractivity contribution is 0.0719. The summed E-state index contributed by atoms with van der Waals surface area (Å²) in [5, 5.41) is 9.08. The Morgan fingerprint density at radius 1 is 1.45 bits per heavy atom. The van der Waals surface area contributed by atoms with Crippen molar-refractivity contribution >= 4 is 29.2 Å². The number of hydrogen-bond donors (Lipinski definition) is 2. The number of unbranched alkanes of at least 4 members (excludes halogenated alkanes) is 1. The normalized spacial score (nSPS) is 10.9. The standard InChI is InChI=1S/C14H18N2O3S/c1-2-3-6-16(7-8-17)13(18)10-4-5-11-12(9-10)19-14(20)15-11/h4-5,9,17H,2-3,6-8H2,1H3,(H,15,20). The maximum Gasteiger partial charge on any atom is 0.266 e. The Labute approximate surface area is 122 Å². The van der Waals surface area contributed by atoms with Gasteiger partial charge in [0.25, 0.3) is 10.7 Å². The van der Waals surface area contributed by atoms with Gasteiger partial charge < -0.3 is 19.4 Å². The van der Waals surface area contributed by atoms with Gasteiger partial charge in [0, 0.05) is 18.7 Å². The maximum absolute atomic E-state index is 12.4. The Balaban J connectivity index is 2.25. The number of nitrogens with zero attached hydrogens (tertiary/aromatic N) is 1. The van der Waals surface area contributed by atoms with Crippen molar-refractivity contribution in [2.24, 2.45) is 0 Å². The number of carbonyl (C=O) groups excluding carboxylic acids is 1. The van der Waals surface area contributed by atoms with Crippen LogP contribution in [-0.2, 0) is 0 Å². The summed E-state index contributed by atoms with van der Waals surface area (Å²) in [7, 11) is 0. The smallest absolute Gasteiger partial charge is 0.266 e. The Kier molecular flexibility index (Phi) is 4.92. The predicted molar refractivity (Wildman–Crippen MR) is 79.3 cm³/mol. The largest absolute Gasteiger partial charge is 0.429 e. The van der Waals surface area contributed by atoms with E-state index in [1.54, 1.807) is 23.1 Å². The molecule has 0 saturated carbocycles. The van der Waals surface area contributed by atoms with Crippen LogP contribution in [0.15, 0.2) is 22.6 Å². The van der Waals surface area contributed by atoms with Crippen molar-refractivity contribution in [1.82, 2.24) is 9.88 Å². The second-order valence-electron chi connectivity index (χ2n) is 4.59. The van der Waals surface area contributed by atoms with Crippen molar-refractivity contribution in [3.05, 3.63) is 28.6 Å². The zero-order valence-electron chi connectivity index (χ0n) is 11.4. The molecule has 2 rings (SSSR count). The molecule has 6 heteroatoms. The van der Waals surface area contributed by atoms with Crippen LogP contribution in [0.25, 0.3) is 11.1 Å². The number of benzene rings is 1. The predicted octanol–water partition coefficient (Wildman–Crippen LogP) is 2.72. The van der Waals surface area contributed by atoms with Crippen LogP contribution in [0.2, 0.25) is 0 Å². The Morgan fingerprint density at radius 2 is 2.25 bits per heavy atom. The molecule has 0 bridgehead atoms. The summed E-state index contributed by atoms with van der Waals surface area (Å²) in [4.78, 5) is 17.3. The van der Waals surface area contributed by atoms with E-state index in [1.807, 2.05) is 0 Å². The number of hydrogen-bond acceptors (Lipinski definition) is 4. The molecule has 0 radical (unpaired) electrons. The molecule has 1 amide bonds. The highest BCUT2D eigenvalue weighted by Crippen LogP contribution is 2.17. The number of aromatic nitrogens is 1. The number of oxazole rings is 1. The minimum atomic E-state index is -0.100. The van der Waals surface area contributed by atoms with Crippen molar-refractivity contribution in [2.45, 2.75) is 19.8 Å². The number of aliphatic hydroxyl groups excluding tert-OH is 1. The molecule has 0 atom stereocenters. The Bertz CT molecular complexity index is 647. The van der Waals surface area contributed by atoms with Crippen LogP contribution in [0.1, 0.15) is 30.1 Å². The summed E-state index contributed by atoms with van der Waals surface area (Å²) >= 11 is 4.92. The molecule has 0 aliphatic heterocycles. The average Bonchev–Trinajstić information content (AvgIpc) is 2.81. The van der Waals surface area contributed by atoms with Crippen LogP contribution in [0.4, 0.5) is 0 Å². The second kappa shape index (κ2) is 6.67. The van der Waals surface area contributed by atoms with Crippen LogP contribution >= 0.6 is 12.2 Å². The van der Waals surface area contributed by atoms with Crippen LogP contribution in [0.5, 0.6) is 0 Å². The maximum atomic E-state index is 12.4. The fourth-order valence-corrected chi connectivity index (χ4v) is 2.25. The Hall–Kier alpha value is -1.66. The molecule has 20 heavy (non-hydrogen) atoms. The minimum absolute atomic E-state index is 0.0392. The van der Waals surface area contributed by atoms with E-state index < -0.39 is 0 Å². The zero-order chi connectivity index (χ0) is 14.5. The van der Waals surface area contributed by atoms with Gasteiger partial charge in [0.15, 0.2) is 5.58 Å². The van der Waals surface area contributed by atoms with Crippen molar-refractivity contribution in [3.63, 3.8) is 0 Å². The van der Waals surface area contributed by atoms with Gasteiger partial charge in [-0.1, -0.05) is 13.3 Å². The third-order valence-electron chi connectivity index (χ3n) is 3.11. The summed E-state index contributed by atoms with van der Waals surface area (Å²) in [6.07, 6.45) is 1.92. The van der Waals surface area contributed by atoms with Crippen molar-refractivity contribution in [2.75, 3.05) is 19.7 Å². The van der Waals surface area contributed by atoms with Gasteiger partial charge in [-0.2, -0.15) is 0 Å². The molecule has 2 aromatic rings. The third-order valence-corrected chi connectivity index (χ3v) is 3.29. The van der Waals surface area contributed by atoms with Gasteiger partial charge in [0.2, 0.25) is 0 Å². The number of fused-ring (bicyclic) bond motifs is 1. The molecule has 0 aliphatic carbocycles. The van der Waals surface area contributed by atoms with Gasteiger partial charge in [-0.25, -0.2) is 0 Å². The van der Waals surface area contributed by atoms with Gasteiger partial charge in [0.05, 0.1) is 12.1 Å². The van der Waals surface area contributed by atoms with Gasteiger partial charge in [-0.15, -0.1) is 0 Å². The summed E-state index contributed by atoms with van der Waals surface area (Å²) < 4.78 is 5.32. The first-order valence-electron chi connectivity index (χ1n) is 6.68. The first kappa shape index (κ1) is 14.7. The lowest BCUT2D eigenvalue weighted by atomic mass is 10.1. The van der Waals surface area contributed by atoms with Crippen molar-refractivity contribution in [1.29, 1.82) is 0 Å². The average molecular weight is 294 g/mol. The van der Waals surface area contributed by atoms with E-state index in [2.05, 4.69) is 11.9 Å². The summed E-state index contributed by atoms with van der Waals surface area (Å²) in [5.74, 6) is -0.100. The topological polar surface area (TPSA) is 69.5 Å². The second-order valence-corrected chi connectivity index (χ2v) is 4.97. The molecule has 1 heterocycles. The number of carbonyl (C=O) groups is 1. The van der Waals surface area contributed by atoms with Crippen molar-refractivity contribution < 1.29 is 14.3 Å². The number of amides is 1. The minimum Gasteiger partial charge on any atom is -0.429 e. The number of aromatic amines is 1. The van der Waals surface area contributed by atoms with Crippen molar-refractivity contribution in [3.8, 4) is 0 Å². The molecule has 1 aromatic heterocycles. The molecule has 0 fully saturated rings. The van der Waals surface area contributed by atoms with E-state index in [4.69, 9.17) is 21.7 Å². The van der Waals surface area contributed by atoms with Gasteiger partial charge in [0.1, 0.15) is 0 Å². The summed E-state index contributed by atoms with van der Waals surface area (Å²) in [5.41, 5.74) is 1.88. The fourth-order valence-electron chi connectivity index (χ4n) is 2.05. The van der Waals surface area contributed by atoms with Crippen LogP contribution in [-0.4, -0.2) is 40.6 Å². The quantitative estimate of drug-likeness (QED) is 0.804. The summed E-state index contributed by atoms with van der Waals surface area (Å²) in [6, 6.07) is 5.20. The molecule has 0 spiro atoms. The summed E-state index contributed by atoms with van der Waals surface area (Å²) in [6.45, 7) is 3.01. The fraction of sp³-hybridized carbons (Fsp3) is 0.429. The van der Waals surface area contributed by atoms with E-state index in [9.17, 15) is 4.79 Å². The number of aliphatic hydroxyl groups is 1. The highest BCUT2D eigenvalue weighted by atomic mass is 32.1. The van der Waals surface area contributed by atoms with E-state index in [0.717, 1.165) is 18.4 Å². The third kappa shape index (κ3) is 3.26. The number of H-pyrrole nitrogens is 1. The lowest BCUT2D eigenvalue weighted by Crippen LogP contribution is -2.34. The molecule has 0 saturated heterocycles. The highest BCUT2D eigenvalue weighted by Gasteiger charge is 2.15. The molecular formula is C14H18N2O3S. The molecule has 1 aromatic carbocycles. The molecule has 5 nitrogen and oxygen atoms in total. The van der Waals surface area contributed by atoms with Gasteiger partial charge >= 0.3 is 0 Å².